The van der Waals surface area contributed by atoms with Crippen LogP contribution < -0.4 is 0 Å². The molecule has 3 unspecified atom stereocenters. The van der Waals surface area contributed by atoms with Crippen molar-refractivity contribution in [3.63, 3.8) is 0 Å². The van der Waals surface area contributed by atoms with E-state index in [1.165, 1.54) is 12.8 Å². The SMILES string of the molecule is CC1CCCCC1(C#N)N=NC(C)(C)C.CC1CCCCC1=O. The van der Waals surface area contributed by atoms with Gasteiger partial charge in [-0.25, -0.2) is 0 Å². The van der Waals surface area contributed by atoms with Crippen molar-refractivity contribution in [3.8, 4) is 6.07 Å². The first-order valence-corrected chi connectivity index (χ1v) is 9.08. The maximum absolute atomic E-state index is 10.8. The van der Waals surface area contributed by atoms with Gasteiger partial charge in [-0.05, 0) is 58.8 Å². The molecule has 23 heavy (non-hydrogen) atoms. The van der Waals surface area contributed by atoms with E-state index < -0.39 is 5.54 Å². The lowest BCUT2D eigenvalue weighted by molar-refractivity contribution is -0.123. The lowest BCUT2D eigenvalue weighted by Gasteiger charge is -2.32. The second-order valence-corrected chi connectivity index (χ2v) is 8.17. The summed E-state index contributed by atoms with van der Waals surface area (Å²) in [6.45, 7) is 10.2. The molecule has 0 spiro atoms. The van der Waals surface area contributed by atoms with Gasteiger partial charge in [0.15, 0.2) is 5.54 Å². The third-order valence-electron chi connectivity index (χ3n) is 4.84. The summed E-state index contributed by atoms with van der Waals surface area (Å²) in [7, 11) is 0. The van der Waals surface area contributed by atoms with Gasteiger partial charge in [0.1, 0.15) is 5.78 Å². The zero-order valence-corrected chi connectivity index (χ0v) is 15.6. The van der Waals surface area contributed by atoms with Gasteiger partial charge in [-0.1, -0.05) is 26.7 Å². The predicted molar refractivity (Wildman–Crippen MR) is 93.2 cm³/mol. The number of hydrogen-bond donors (Lipinski definition) is 0. The van der Waals surface area contributed by atoms with Crippen molar-refractivity contribution >= 4 is 5.78 Å². The van der Waals surface area contributed by atoms with Crippen molar-refractivity contribution in [2.45, 2.75) is 97.1 Å². The minimum absolute atomic E-state index is 0.180. The van der Waals surface area contributed by atoms with Crippen molar-refractivity contribution in [2.24, 2.45) is 22.1 Å². The standard InChI is InChI=1S/C12H21N3.C7H12O/c1-10-7-5-6-8-12(10,9-13)15-14-11(2,3)4;1-6-4-2-3-5-7(6)8/h10H,5-8H2,1-4H3;6H,2-5H2,1H3. The maximum Gasteiger partial charge on any atom is 0.170 e. The monoisotopic (exact) mass is 319 g/mol. The zero-order valence-electron chi connectivity index (χ0n) is 15.6. The Bertz CT molecular complexity index is 458. The van der Waals surface area contributed by atoms with E-state index in [0.717, 1.165) is 38.5 Å². The Labute approximate surface area is 141 Å². The van der Waals surface area contributed by atoms with Crippen molar-refractivity contribution in [2.75, 3.05) is 0 Å². The summed E-state index contributed by atoms with van der Waals surface area (Å²) in [5.74, 6) is 1.17. The van der Waals surface area contributed by atoms with Crippen LogP contribution in [0.2, 0.25) is 0 Å². The summed E-state index contributed by atoms with van der Waals surface area (Å²) in [6.07, 6.45) is 8.62. The first-order valence-electron chi connectivity index (χ1n) is 9.08. The van der Waals surface area contributed by atoms with E-state index in [0.29, 0.717) is 17.6 Å². The summed E-state index contributed by atoms with van der Waals surface area (Å²) in [4.78, 5) is 10.8. The van der Waals surface area contributed by atoms with Crippen molar-refractivity contribution in [1.29, 1.82) is 5.26 Å². The molecular formula is C19H33N3O. The summed E-state index contributed by atoms with van der Waals surface area (Å²) in [6, 6.07) is 2.38. The van der Waals surface area contributed by atoms with Crippen LogP contribution in [0.15, 0.2) is 10.2 Å². The predicted octanol–water partition coefficient (Wildman–Crippen LogP) is 5.48. The van der Waals surface area contributed by atoms with Crippen LogP contribution in [0.5, 0.6) is 0 Å². The molecule has 4 heteroatoms. The van der Waals surface area contributed by atoms with Crippen molar-refractivity contribution < 1.29 is 4.79 Å². The number of azo groups is 1. The van der Waals surface area contributed by atoms with E-state index in [-0.39, 0.29) is 5.54 Å². The van der Waals surface area contributed by atoms with Crippen LogP contribution in [0.25, 0.3) is 0 Å². The van der Waals surface area contributed by atoms with E-state index in [9.17, 15) is 10.1 Å². The Morgan fingerprint density at radius 3 is 2.22 bits per heavy atom. The molecule has 0 N–H and O–H groups in total. The van der Waals surface area contributed by atoms with Gasteiger partial charge >= 0.3 is 0 Å². The number of nitriles is 1. The van der Waals surface area contributed by atoms with E-state index in [4.69, 9.17) is 0 Å². The summed E-state index contributed by atoms with van der Waals surface area (Å²) in [5.41, 5.74) is -0.730. The molecular weight excluding hydrogens is 286 g/mol. The topological polar surface area (TPSA) is 65.6 Å². The number of carbonyl (C=O) groups excluding carboxylic acids is 1. The fraction of sp³-hybridized carbons (Fsp3) is 0.895. The number of nitrogens with zero attached hydrogens (tertiary/aromatic N) is 3. The Hall–Kier alpha value is -1.24. The van der Waals surface area contributed by atoms with E-state index in [2.05, 4.69) is 23.2 Å². The van der Waals surface area contributed by atoms with Crippen LogP contribution in [-0.2, 0) is 4.79 Å². The molecule has 0 saturated heterocycles. The first-order chi connectivity index (χ1) is 10.7. The van der Waals surface area contributed by atoms with Gasteiger partial charge in [0.2, 0.25) is 0 Å². The number of rotatable bonds is 1. The second-order valence-electron chi connectivity index (χ2n) is 8.17. The number of Topliss-reactive ketones (excluding diaryl/α,β-unsaturated/α-hetero) is 1. The van der Waals surface area contributed by atoms with Crippen LogP contribution in [0, 0.1) is 23.2 Å². The third kappa shape index (κ3) is 6.41. The Morgan fingerprint density at radius 1 is 1.13 bits per heavy atom. The van der Waals surface area contributed by atoms with E-state index in [1.54, 1.807) is 0 Å². The molecule has 0 aromatic heterocycles. The van der Waals surface area contributed by atoms with Gasteiger partial charge in [0.25, 0.3) is 0 Å². The Balaban J connectivity index is 0.000000277. The highest BCUT2D eigenvalue weighted by Crippen LogP contribution is 2.37. The maximum atomic E-state index is 10.8. The smallest absolute Gasteiger partial charge is 0.170 e. The fourth-order valence-electron chi connectivity index (χ4n) is 3.06. The van der Waals surface area contributed by atoms with Crippen LogP contribution in [0.1, 0.15) is 86.0 Å². The molecule has 0 amide bonds. The van der Waals surface area contributed by atoms with Gasteiger partial charge < -0.3 is 0 Å². The average molecular weight is 319 g/mol. The number of carbonyl (C=O) groups is 1. The average Bonchev–Trinajstić information content (AvgIpc) is 2.50. The molecule has 0 aliphatic heterocycles. The number of hydrogen-bond acceptors (Lipinski definition) is 4. The van der Waals surface area contributed by atoms with Crippen LogP contribution in [0.4, 0.5) is 0 Å². The highest BCUT2D eigenvalue weighted by Gasteiger charge is 2.39. The molecule has 2 aliphatic carbocycles. The summed E-state index contributed by atoms with van der Waals surface area (Å²) in [5, 5.41) is 17.9. The molecule has 0 heterocycles. The second kappa shape index (κ2) is 8.57. The molecule has 2 aliphatic rings. The molecule has 2 fully saturated rings. The van der Waals surface area contributed by atoms with Gasteiger partial charge in [-0.2, -0.15) is 15.5 Å². The Morgan fingerprint density at radius 2 is 1.78 bits per heavy atom. The molecule has 0 bridgehead atoms. The number of ketones is 1. The Kier molecular flexibility index (Phi) is 7.38. The van der Waals surface area contributed by atoms with Gasteiger partial charge in [0, 0.05) is 12.3 Å². The minimum Gasteiger partial charge on any atom is -0.299 e. The van der Waals surface area contributed by atoms with Crippen LogP contribution in [0.3, 0.4) is 0 Å². The van der Waals surface area contributed by atoms with Crippen LogP contribution >= 0.6 is 0 Å². The van der Waals surface area contributed by atoms with Crippen LogP contribution in [-0.4, -0.2) is 16.9 Å². The first kappa shape index (κ1) is 19.8. The van der Waals surface area contributed by atoms with Crippen molar-refractivity contribution in [3.05, 3.63) is 0 Å². The van der Waals surface area contributed by atoms with Gasteiger partial charge in [-0.3, -0.25) is 4.79 Å². The molecule has 4 nitrogen and oxygen atoms in total. The zero-order chi connectivity index (χ0) is 17.5. The highest BCUT2D eigenvalue weighted by molar-refractivity contribution is 5.81. The normalized spacial score (nSPS) is 32.1. The molecule has 2 saturated carbocycles. The molecule has 0 aromatic carbocycles. The quantitative estimate of drug-likeness (QED) is 0.601. The summed E-state index contributed by atoms with van der Waals surface area (Å²) < 4.78 is 0. The minimum atomic E-state index is -0.550. The highest BCUT2D eigenvalue weighted by atomic mass is 16.1. The van der Waals surface area contributed by atoms with Crippen molar-refractivity contribution in [1.82, 2.24) is 0 Å². The largest absolute Gasteiger partial charge is 0.299 e. The van der Waals surface area contributed by atoms with Gasteiger partial charge in [-0.15, -0.1) is 0 Å². The van der Waals surface area contributed by atoms with E-state index >= 15 is 0 Å². The van der Waals surface area contributed by atoms with Gasteiger partial charge in [0.05, 0.1) is 11.6 Å². The molecule has 130 valence electrons. The fourth-order valence-corrected chi connectivity index (χ4v) is 3.06. The molecule has 3 atom stereocenters. The molecule has 0 radical (unpaired) electrons. The third-order valence-corrected chi connectivity index (χ3v) is 4.84. The summed E-state index contributed by atoms with van der Waals surface area (Å²) >= 11 is 0. The molecule has 0 aromatic rings. The lowest BCUT2D eigenvalue weighted by atomic mass is 9.75. The lowest BCUT2D eigenvalue weighted by Crippen LogP contribution is -2.36. The van der Waals surface area contributed by atoms with E-state index in [1.807, 2.05) is 27.7 Å². The molecule has 2 rings (SSSR count).